The Labute approximate surface area is 69.6 Å². The van der Waals surface area contributed by atoms with Crippen molar-refractivity contribution < 1.29 is 9.84 Å². The second kappa shape index (κ2) is 3.55. The van der Waals surface area contributed by atoms with Gasteiger partial charge in [0.15, 0.2) is 0 Å². The Bertz CT molecular complexity index is 109. The van der Waals surface area contributed by atoms with Crippen molar-refractivity contribution in [3.63, 3.8) is 0 Å². The molecule has 0 aliphatic rings. The third-order valence-electron chi connectivity index (χ3n) is 1.73. The molecule has 11 heavy (non-hydrogen) atoms. The number of aliphatic hydroxyl groups excluding tert-OH is 1. The molecule has 0 bridgehead atoms. The number of ether oxygens (including phenoxy) is 1. The molecule has 0 aromatic heterocycles. The van der Waals surface area contributed by atoms with Gasteiger partial charge in [-0.2, -0.15) is 0 Å². The molecular formula is C9H20O2. The molecule has 0 aromatic carbocycles. The summed E-state index contributed by atoms with van der Waals surface area (Å²) in [5.74, 6) is 0. The van der Waals surface area contributed by atoms with Crippen LogP contribution in [0.4, 0.5) is 0 Å². The standard InChI is InChI=1S/C9H20O2/c1-8(2,3)6-9(4,7-10)11-5/h10H,6-7H2,1-5H3. The van der Waals surface area contributed by atoms with Crippen molar-refractivity contribution in [1.82, 2.24) is 0 Å². The minimum Gasteiger partial charge on any atom is -0.393 e. The molecule has 0 radical (unpaired) electrons. The highest BCUT2D eigenvalue weighted by Crippen LogP contribution is 2.28. The number of rotatable bonds is 3. The average Bonchev–Trinajstić information content (AvgIpc) is 1.84. The molecule has 1 N–H and O–H groups in total. The Kier molecular flexibility index (Phi) is 3.52. The minimum atomic E-state index is -0.377. The molecule has 0 spiro atoms. The predicted molar refractivity (Wildman–Crippen MR) is 46.6 cm³/mol. The van der Waals surface area contributed by atoms with Crippen LogP contribution in [0.15, 0.2) is 0 Å². The third kappa shape index (κ3) is 4.38. The molecule has 0 saturated carbocycles. The van der Waals surface area contributed by atoms with E-state index in [2.05, 4.69) is 20.8 Å². The average molecular weight is 160 g/mol. The van der Waals surface area contributed by atoms with Crippen LogP contribution in [0, 0.1) is 5.41 Å². The Morgan fingerprint density at radius 1 is 1.18 bits per heavy atom. The topological polar surface area (TPSA) is 29.5 Å². The van der Waals surface area contributed by atoms with Crippen LogP contribution in [-0.4, -0.2) is 24.4 Å². The molecule has 1 unspecified atom stereocenters. The Morgan fingerprint density at radius 2 is 1.64 bits per heavy atom. The maximum atomic E-state index is 9.02. The minimum absolute atomic E-state index is 0.0841. The van der Waals surface area contributed by atoms with E-state index < -0.39 is 0 Å². The van der Waals surface area contributed by atoms with Gasteiger partial charge in [0.2, 0.25) is 0 Å². The van der Waals surface area contributed by atoms with Gasteiger partial charge in [-0.25, -0.2) is 0 Å². The van der Waals surface area contributed by atoms with Gasteiger partial charge in [-0.05, 0) is 18.8 Å². The summed E-state index contributed by atoms with van der Waals surface area (Å²) in [6.07, 6.45) is 0.868. The van der Waals surface area contributed by atoms with E-state index >= 15 is 0 Å². The van der Waals surface area contributed by atoms with Gasteiger partial charge in [0, 0.05) is 7.11 Å². The van der Waals surface area contributed by atoms with E-state index in [1.54, 1.807) is 7.11 Å². The molecule has 0 aromatic rings. The summed E-state index contributed by atoms with van der Waals surface area (Å²) in [7, 11) is 1.64. The van der Waals surface area contributed by atoms with E-state index in [-0.39, 0.29) is 17.6 Å². The highest BCUT2D eigenvalue weighted by molar-refractivity contribution is 4.80. The van der Waals surface area contributed by atoms with Crippen molar-refractivity contribution >= 4 is 0 Å². The van der Waals surface area contributed by atoms with Gasteiger partial charge in [0.25, 0.3) is 0 Å². The SMILES string of the molecule is COC(C)(CO)CC(C)(C)C. The molecule has 0 saturated heterocycles. The van der Waals surface area contributed by atoms with Crippen LogP contribution in [0.25, 0.3) is 0 Å². The normalized spacial score (nSPS) is 18.0. The van der Waals surface area contributed by atoms with E-state index in [0.717, 1.165) is 6.42 Å². The molecule has 68 valence electrons. The van der Waals surface area contributed by atoms with Crippen molar-refractivity contribution in [3.8, 4) is 0 Å². The largest absolute Gasteiger partial charge is 0.393 e. The number of hydrogen-bond donors (Lipinski definition) is 1. The zero-order valence-electron chi connectivity index (χ0n) is 8.27. The van der Waals surface area contributed by atoms with Gasteiger partial charge in [-0.15, -0.1) is 0 Å². The van der Waals surface area contributed by atoms with E-state index in [9.17, 15) is 0 Å². The van der Waals surface area contributed by atoms with Crippen LogP contribution in [0.1, 0.15) is 34.1 Å². The van der Waals surface area contributed by atoms with Gasteiger partial charge in [-0.1, -0.05) is 20.8 Å². The first-order valence-electron chi connectivity index (χ1n) is 3.99. The first kappa shape index (κ1) is 10.9. The Hall–Kier alpha value is -0.0800. The third-order valence-corrected chi connectivity index (χ3v) is 1.73. The number of aliphatic hydroxyl groups is 1. The lowest BCUT2D eigenvalue weighted by Gasteiger charge is -2.32. The maximum absolute atomic E-state index is 9.02. The second-order valence-corrected chi connectivity index (χ2v) is 4.55. The van der Waals surface area contributed by atoms with Crippen LogP contribution >= 0.6 is 0 Å². The van der Waals surface area contributed by atoms with E-state index in [1.165, 1.54) is 0 Å². The summed E-state index contributed by atoms with van der Waals surface area (Å²) >= 11 is 0. The Morgan fingerprint density at radius 3 is 1.73 bits per heavy atom. The smallest absolute Gasteiger partial charge is 0.0885 e. The zero-order chi connectivity index (χ0) is 9.12. The summed E-state index contributed by atoms with van der Waals surface area (Å²) < 4.78 is 5.21. The molecule has 1 atom stereocenters. The maximum Gasteiger partial charge on any atom is 0.0885 e. The lowest BCUT2D eigenvalue weighted by molar-refractivity contribution is -0.0622. The van der Waals surface area contributed by atoms with E-state index in [4.69, 9.17) is 9.84 Å². The second-order valence-electron chi connectivity index (χ2n) is 4.55. The summed E-state index contributed by atoms with van der Waals surface area (Å²) in [6, 6.07) is 0. The fourth-order valence-corrected chi connectivity index (χ4v) is 1.31. The van der Waals surface area contributed by atoms with Crippen LogP contribution in [0.5, 0.6) is 0 Å². The number of methoxy groups -OCH3 is 1. The molecular weight excluding hydrogens is 140 g/mol. The highest BCUT2D eigenvalue weighted by Gasteiger charge is 2.28. The van der Waals surface area contributed by atoms with Crippen LogP contribution in [0.3, 0.4) is 0 Å². The van der Waals surface area contributed by atoms with Crippen LogP contribution < -0.4 is 0 Å². The van der Waals surface area contributed by atoms with Gasteiger partial charge in [0.05, 0.1) is 12.2 Å². The quantitative estimate of drug-likeness (QED) is 0.682. The lowest BCUT2D eigenvalue weighted by Crippen LogP contribution is -2.36. The summed E-state index contributed by atoms with van der Waals surface area (Å²) in [6.45, 7) is 8.43. The van der Waals surface area contributed by atoms with Crippen molar-refractivity contribution in [2.45, 2.75) is 39.7 Å². The lowest BCUT2D eigenvalue weighted by atomic mass is 9.83. The van der Waals surface area contributed by atoms with Crippen LogP contribution in [-0.2, 0) is 4.74 Å². The van der Waals surface area contributed by atoms with Gasteiger partial charge >= 0.3 is 0 Å². The van der Waals surface area contributed by atoms with Crippen molar-refractivity contribution in [3.05, 3.63) is 0 Å². The van der Waals surface area contributed by atoms with Gasteiger partial charge in [0.1, 0.15) is 0 Å². The first-order chi connectivity index (χ1) is 4.83. The molecule has 0 rings (SSSR count). The summed E-state index contributed by atoms with van der Waals surface area (Å²) in [5.41, 5.74) is -0.175. The van der Waals surface area contributed by atoms with Crippen molar-refractivity contribution in [1.29, 1.82) is 0 Å². The molecule has 0 heterocycles. The summed E-state index contributed by atoms with van der Waals surface area (Å²) in [5, 5.41) is 9.02. The monoisotopic (exact) mass is 160 g/mol. The molecule has 2 heteroatoms. The molecule has 0 amide bonds. The summed E-state index contributed by atoms with van der Waals surface area (Å²) in [4.78, 5) is 0. The highest BCUT2D eigenvalue weighted by atomic mass is 16.5. The fraction of sp³-hybridized carbons (Fsp3) is 1.00. The molecule has 0 fully saturated rings. The van der Waals surface area contributed by atoms with Gasteiger partial charge in [-0.3, -0.25) is 0 Å². The predicted octanol–water partition coefficient (Wildman–Crippen LogP) is 1.82. The van der Waals surface area contributed by atoms with Gasteiger partial charge < -0.3 is 9.84 Å². The molecule has 0 aliphatic carbocycles. The first-order valence-corrected chi connectivity index (χ1v) is 3.99. The molecule has 2 nitrogen and oxygen atoms in total. The van der Waals surface area contributed by atoms with E-state index in [1.807, 2.05) is 6.92 Å². The number of hydrogen-bond acceptors (Lipinski definition) is 2. The Balaban J connectivity index is 4.08. The van der Waals surface area contributed by atoms with Crippen molar-refractivity contribution in [2.75, 3.05) is 13.7 Å². The van der Waals surface area contributed by atoms with Crippen LogP contribution in [0.2, 0.25) is 0 Å². The molecule has 0 aliphatic heterocycles. The zero-order valence-corrected chi connectivity index (χ0v) is 8.27. The van der Waals surface area contributed by atoms with Crippen molar-refractivity contribution in [2.24, 2.45) is 5.41 Å². The van der Waals surface area contributed by atoms with E-state index in [0.29, 0.717) is 0 Å². The fourth-order valence-electron chi connectivity index (χ4n) is 1.31.